The molecule has 0 aliphatic rings. The Balaban J connectivity index is 3.02. The van der Waals surface area contributed by atoms with E-state index < -0.39 is 15.9 Å². The van der Waals surface area contributed by atoms with Gasteiger partial charge in [-0.3, -0.25) is 4.79 Å². The number of carbonyl (C=O) groups excluding carboxylic acids is 1. The van der Waals surface area contributed by atoms with Crippen LogP contribution in [0.25, 0.3) is 0 Å². The van der Waals surface area contributed by atoms with Crippen molar-refractivity contribution in [3.8, 4) is 0 Å². The Morgan fingerprint density at radius 3 is 2.33 bits per heavy atom. The van der Waals surface area contributed by atoms with Gasteiger partial charge in [0.15, 0.2) is 0 Å². The predicted octanol–water partition coefficient (Wildman–Crippen LogP) is 1.33. The molecule has 0 aliphatic heterocycles. The van der Waals surface area contributed by atoms with Gasteiger partial charge in [-0.15, -0.1) is 0 Å². The van der Waals surface area contributed by atoms with Gasteiger partial charge in [-0.1, -0.05) is 27.7 Å². The third kappa shape index (κ3) is 4.18. The summed E-state index contributed by atoms with van der Waals surface area (Å²) in [5.74, 6) is -0.339. The highest BCUT2D eigenvalue weighted by molar-refractivity contribution is 7.89. The third-order valence-electron chi connectivity index (χ3n) is 3.86. The number of nitrogen functional groups attached to an aromatic ring is 1. The molecule has 0 radical (unpaired) electrons. The van der Waals surface area contributed by atoms with Crippen LogP contribution in [0.4, 0.5) is 5.69 Å². The quantitative estimate of drug-likeness (QED) is 0.687. The van der Waals surface area contributed by atoms with Crippen LogP contribution in [-0.2, 0) is 10.0 Å². The number of hydrogen-bond acceptors (Lipinski definition) is 4. The summed E-state index contributed by atoms with van der Waals surface area (Å²) in [6.45, 7) is 8.33. The van der Waals surface area contributed by atoms with E-state index in [1.165, 1.54) is 18.2 Å². The van der Waals surface area contributed by atoms with Crippen molar-refractivity contribution in [2.24, 2.45) is 17.1 Å². The molecule has 7 heteroatoms. The second kappa shape index (κ2) is 6.03. The number of amides is 1. The van der Waals surface area contributed by atoms with Crippen LogP contribution in [0.1, 0.15) is 38.1 Å². The van der Waals surface area contributed by atoms with E-state index in [0.29, 0.717) is 12.5 Å². The third-order valence-corrected chi connectivity index (χ3v) is 5.34. The number of anilines is 1. The van der Waals surface area contributed by atoms with Crippen LogP contribution < -0.4 is 16.2 Å². The van der Waals surface area contributed by atoms with Crippen LogP contribution in [-0.4, -0.2) is 20.9 Å². The number of sulfonamides is 1. The van der Waals surface area contributed by atoms with Gasteiger partial charge in [0.1, 0.15) is 4.90 Å². The summed E-state index contributed by atoms with van der Waals surface area (Å²) in [6, 6.07) is 3.91. The van der Waals surface area contributed by atoms with Gasteiger partial charge >= 0.3 is 0 Å². The van der Waals surface area contributed by atoms with Crippen molar-refractivity contribution in [2.75, 3.05) is 12.3 Å². The molecule has 0 heterocycles. The number of rotatable bonds is 6. The number of benzene rings is 1. The van der Waals surface area contributed by atoms with Gasteiger partial charge in [-0.05, 0) is 29.5 Å². The van der Waals surface area contributed by atoms with Crippen molar-refractivity contribution in [1.29, 1.82) is 0 Å². The number of hydrogen-bond donors (Lipinski definition) is 3. The first-order valence-electron chi connectivity index (χ1n) is 6.66. The van der Waals surface area contributed by atoms with E-state index in [1.54, 1.807) is 0 Å². The lowest BCUT2D eigenvalue weighted by molar-refractivity contribution is 0.1000. The summed E-state index contributed by atoms with van der Waals surface area (Å²) < 4.78 is 27.2. The van der Waals surface area contributed by atoms with Crippen molar-refractivity contribution in [1.82, 2.24) is 4.72 Å². The first-order valence-corrected chi connectivity index (χ1v) is 8.14. The minimum absolute atomic E-state index is 0.00107. The first kappa shape index (κ1) is 17.5. The molecule has 0 bridgehead atoms. The summed E-state index contributed by atoms with van der Waals surface area (Å²) in [7, 11) is -3.73. The van der Waals surface area contributed by atoms with Crippen LogP contribution in [0.5, 0.6) is 0 Å². The minimum Gasteiger partial charge on any atom is -0.398 e. The van der Waals surface area contributed by atoms with Crippen molar-refractivity contribution in [2.45, 2.75) is 32.6 Å². The van der Waals surface area contributed by atoms with Gasteiger partial charge in [0.05, 0.1) is 5.69 Å². The van der Waals surface area contributed by atoms with Gasteiger partial charge < -0.3 is 11.5 Å². The highest BCUT2D eigenvalue weighted by Crippen LogP contribution is 2.26. The predicted molar refractivity (Wildman–Crippen MR) is 83.2 cm³/mol. The normalized spacial score (nSPS) is 12.6. The molecule has 118 valence electrons. The molecular weight excluding hydrogens is 290 g/mol. The highest BCUT2D eigenvalue weighted by Gasteiger charge is 2.26. The van der Waals surface area contributed by atoms with Gasteiger partial charge in [-0.25, -0.2) is 13.1 Å². The summed E-state index contributed by atoms with van der Waals surface area (Å²) in [5, 5.41) is 0. The van der Waals surface area contributed by atoms with Gasteiger partial charge in [0.2, 0.25) is 15.9 Å². The molecule has 5 N–H and O–H groups in total. The Bertz CT molecular complexity index is 637. The topological polar surface area (TPSA) is 115 Å². The van der Waals surface area contributed by atoms with E-state index in [1.807, 2.05) is 27.7 Å². The Hall–Kier alpha value is -1.60. The molecule has 1 aromatic carbocycles. The molecule has 1 rings (SSSR count). The Kier molecular flexibility index (Phi) is 5.01. The minimum atomic E-state index is -3.73. The molecule has 0 saturated heterocycles. The van der Waals surface area contributed by atoms with E-state index in [2.05, 4.69) is 4.72 Å². The van der Waals surface area contributed by atoms with Crippen molar-refractivity contribution in [3.05, 3.63) is 23.8 Å². The average Bonchev–Trinajstić information content (AvgIpc) is 2.36. The van der Waals surface area contributed by atoms with Crippen molar-refractivity contribution in [3.63, 3.8) is 0 Å². The lowest BCUT2D eigenvalue weighted by Gasteiger charge is -2.29. The van der Waals surface area contributed by atoms with Gasteiger partial charge in [0, 0.05) is 12.1 Å². The van der Waals surface area contributed by atoms with Crippen molar-refractivity contribution >= 4 is 21.6 Å². The Labute approximate surface area is 126 Å². The SMILES string of the molecule is CC(C)C(C)(C)CNS(=O)(=O)c1ccc(C(N)=O)cc1N. The van der Waals surface area contributed by atoms with Crippen LogP contribution >= 0.6 is 0 Å². The molecule has 1 aromatic rings. The van der Waals surface area contributed by atoms with E-state index in [0.717, 1.165) is 0 Å². The zero-order valence-electron chi connectivity index (χ0n) is 12.8. The molecule has 0 saturated carbocycles. The molecule has 21 heavy (non-hydrogen) atoms. The summed E-state index contributed by atoms with van der Waals surface area (Å²) >= 11 is 0. The van der Waals surface area contributed by atoms with Crippen LogP contribution in [0.15, 0.2) is 23.1 Å². The van der Waals surface area contributed by atoms with Crippen LogP contribution in [0, 0.1) is 11.3 Å². The smallest absolute Gasteiger partial charge is 0.248 e. The number of carbonyl (C=O) groups is 1. The molecule has 0 spiro atoms. The molecule has 0 aromatic heterocycles. The lowest BCUT2D eigenvalue weighted by Crippen LogP contribution is -2.37. The van der Waals surface area contributed by atoms with E-state index in [4.69, 9.17) is 11.5 Å². The Morgan fingerprint density at radius 1 is 1.33 bits per heavy atom. The largest absolute Gasteiger partial charge is 0.398 e. The molecule has 0 atom stereocenters. The standard InChI is InChI=1S/C14H23N3O3S/c1-9(2)14(3,4)8-17-21(19,20)12-6-5-10(13(16)18)7-11(12)15/h5-7,9,17H,8,15H2,1-4H3,(H2,16,18). The number of primary amides is 1. The maximum absolute atomic E-state index is 12.3. The molecule has 0 fully saturated rings. The fraction of sp³-hybridized carbons (Fsp3) is 0.500. The average molecular weight is 313 g/mol. The van der Waals surface area contributed by atoms with Crippen LogP contribution in [0.3, 0.4) is 0 Å². The fourth-order valence-corrected chi connectivity index (χ4v) is 2.84. The summed E-state index contributed by atoms with van der Waals surface area (Å²) in [4.78, 5) is 11.0. The van der Waals surface area contributed by atoms with E-state index >= 15 is 0 Å². The molecule has 1 amide bonds. The van der Waals surface area contributed by atoms with Gasteiger partial charge in [-0.2, -0.15) is 0 Å². The zero-order valence-corrected chi connectivity index (χ0v) is 13.6. The number of nitrogens with two attached hydrogens (primary N) is 2. The summed E-state index contributed by atoms with van der Waals surface area (Å²) in [5.41, 5.74) is 10.8. The number of nitrogens with one attached hydrogen (secondary N) is 1. The first-order chi connectivity index (χ1) is 9.47. The second-order valence-electron chi connectivity index (χ2n) is 6.08. The molecule has 0 unspecified atom stereocenters. The molecule has 6 nitrogen and oxygen atoms in total. The van der Waals surface area contributed by atoms with E-state index in [9.17, 15) is 13.2 Å². The highest BCUT2D eigenvalue weighted by atomic mass is 32.2. The summed E-state index contributed by atoms with van der Waals surface area (Å²) in [6.07, 6.45) is 0. The fourth-order valence-electron chi connectivity index (χ4n) is 1.51. The Morgan fingerprint density at radius 2 is 1.90 bits per heavy atom. The monoisotopic (exact) mass is 313 g/mol. The van der Waals surface area contributed by atoms with E-state index in [-0.39, 0.29) is 21.6 Å². The molecule has 0 aliphatic carbocycles. The maximum Gasteiger partial charge on any atom is 0.248 e. The van der Waals surface area contributed by atoms with Gasteiger partial charge in [0.25, 0.3) is 0 Å². The van der Waals surface area contributed by atoms with Crippen LogP contribution in [0.2, 0.25) is 0 Å². The zero-order chi connectivity index (χ0) is 16.4. The lowest BCUT2D eigenvalue weighted by atomic mass is 9.81. The maximum atomic E-state index is 12.3. The molecular formula is C14H23N3O3S. The van der Waals surface area contributed by atoms with Crippen molar-refractivity contribution < 1.29 is 13.2 Å². The second-order valence-corrected chi connectivity index (χ2v) is 7.82.